The van der Waals surface area contributed by atoms with Crippen molar-refractivity contribution in [3.8, 4) is 34.5 Å². The van der Waals surface area contributed by atoms with E-state index in [0.29, 0.717) is 54.1 Å². The predicted octanol–water partition coefficient (Wildman–Crippen LogP) is 5.10. The van der Waals surface area contributed by atoms with Crippen LogP contribution in [0.4, 0.5) is 11.6 Å². The summed E-state index contributed by atoms with van der Waals surface area (Å²) in [6.07, 6.45) is 0. The molecule has 5 rings (SSSR count). The first-order chi connectivity index (χ1) is 17.5. The summed E-state index contributed by atoms with van der Waals surface area (Å²) in [4.78, 5) is 4.40. The average molecular weight is 509 g/mol. The van der Waals surface area contributed by atoms with E-state index in [1.165, 1.54) is 12.1 Å². The van der Waals surface area contributed by atoms with Crippen molar-refractivity contribution in [2.75, 3.05) is 32.2 Å². The van der Waals surface area contributed by atoms with Crippen molar-refractivity contribution in [3.63, 3.8) is 0 Å². The maximum atomic E-state index is 13.7. The minimum Gasteiger partial charge on any atom is -0.497 e. The minimum absolute atomic E-state index is 0.00647. The van der Waals surface area contributed by atoms with Gasteiger partial charge >= 0.3 is 0 Å². The van der Waals surface area contributed by atoms with Crippen molar-refractivity contribution >= 4 is 21.4 Å². The smallest absolute Gasteiger partial charge is 0.238 e. The summed E-state index contributed by atoms with van der Waals surface area (Å²) in [5, 5.41) is 2.79. The van der Waals surface area contributed by atoms with Gasteiger partial charge in [-0.05, 0) is 61.5 Å². The van der Waals surface area contributed by atoms with Crippen molar-refractivity contribution in [3.05, 3.63) is 66.7 Å². The van der Waals surface area contributed by atoms with Crippen LogP contribution in [0.15, 0.2) is 81.1 Å². The number of rotatable bonds is 8. The van der Waals surface area contributed by atoms with E-state index in [1.54, 1.807) is 61.7 Å². The van der Waals surface area contributed by atoms with Gasteiger partial charge in [0.05, 0.1) is 18.6 Å². The van der Waals surface area contributed by atoms with Gasteiger partial charge in [-0.2, -0.15) is 4.98 Å². The van der Waals surface area contributed by atoms with Gasteiger partial charge in [0.1, 0.15) is 24.7 Å². The number of hydrogen-bond acceptors (Lipinski definition) is 9. The Morgan fingerprint density at radius 2 is 1.72 bits per heavy atom. The number of oxazole rings is 1. The lowest BCUT2D eigenvalue weighted by atomic mass is 10.2. The van der Waals surface area contributed by atoms with Crippen LogP contribution in [0.5, 0.6) is 23.0 Å². The molecule has 0 unspecified atom stereocenters. The number of benzene rings is 3. The van der Waals surface area contributed by atoms with Crippen LogP contribution < -0.4 is 24.3 Å². The molecular weight excluding hydrogens is 484 g/mol. The molecule has 2 heterocycles. The van der Waals surface area contributed by atoms with Crippen LogP contribution >= 0.6 is 0 Å². The Labute approximate surface area is 208 Å². The van der Waals surface area contributed by atoms with Crippen LogP contribution in [0.3, 0.4) is 0 Å². The fourth-order valence-corrected chi connectivity index (χ4v) is 4.95. The van der Waals surface area contributed by atoms with Crippen molar-refractivity contribution in [1.29, 1.82) is 0 Å². The van der Waals surface area contributed by atoms with Gasteiger partial charge in [0.15, 0.2) is 11.5 Å². The first-order valence-electron chi connectivity index (χ1n) is 11.3. The molecule has 0 atom stereocenters. The monoisotopic (exact) mass is 508 g/mol. The number of anilines is 2. The molecular formula is C26H24N2O7S. The van der Waals surface area contributed by atoms with Crippen LogP contribution in [0, 0.1) is 0 Å². The first-order valence-corrected chi connectivity index (χ1v) is 12.8. The second-order valence-electron chi connectivity index (χ2n) is 7.78. The van der Waals surface area contributed by atoms with Gasteiger partial charge in [0, 0.05) is 17.3 Å². The van der Waals surface area contributed by atoms with Gasteiger partial charge in [0.25, 0.3) is 0 Å². The van der Waals surface area contributed by atoms with E-state index in [2.05, 4.69) is 10.3 Å². The highest BCUT2D eigenvalue weighted by Gasteiger charge is 2.30. The number of ether oxygens (including phenoxy) is 4. The Morgan fingerprint density at radius 1 is 0.944 bits per heavy atom. The van der Waals surface area contributed by atoms with E-state index in [4.69, 9.17) is 23.4 Å². The Balaban J connectivity index is 1.58. The van der Waals surface area contributed by atoms with Gasteiger partial charge in [-0.1, -0.05) is 6.07 Å². The van der Waals surface area contributed by atoms with E-state index in [1.807, 2.05) is 6.92 Å². The number of fused-ring (bicyclic) bond motifs is 1. The molecule has 1 aliphatic heterocycles. The van der Waals surface area contributed by atoms with Gasteiger partial charge < -0.3 is 28.7 Å². The maximum Gasteiger partial charge on any atom is 0.238 e. The quantitative estimate of drug-likeness (QED) is 0.348. The van der Waals surface area contributed by atoms with Gasteiger partial charge in [0.2, 0.25) is 26.6 Å². The molecule has 0 saturated heterocycles. The summed E-state index contributed by atoms with van der Waals surface area (Å²) in [7, 11) is -2.55. The molecule has 1 aromatic heterocycles. The fraction of sp³-hybridized carbons (Fsp3) is 0.192. The topological polar surface area (TPSA) is 109 Å². The average Bonchev–Trinajstić information content (AvgIpc) is 3.34. The van der Waals surface area contributed by atoms with Crippen molar-refractivity contribution in [1.82, 2.24) is 4.98 Å². The van der Waals surface area contributed by atoms with Crippen molar-refractivity contribution in [2.24, 2.45) is 0 Å². The molecule has 9 nitrogen and oxygen atoms in total. The molecule has 3 aromatic carbocycles. The molecule has 10 heteroatoms. The zero-order chi connectivity index (χ0) is 25.1. The standard InChI is InChI=1S/C26H24N2O7S/c1-3-32-19-9-7-18(8-10-19)27-25-26(28-24(35-25)17-5-4-6-20(15-17)31-2)36(29,30)21-11-12-22-23(16-21)34-14-13-33-22/h4-12,15-16,27H,3,13-14H2,1-2H3. The molecule has 0 spiro atoms. The van der Waals surface area contributed by atoms with E-state index in [-0.39, 0.29) is 21.7 Å². The Morgan fingerprint density at radius 3 is 2.47 bits per heavy atom. The van der Waals surface area contributed by atoms with Crippen LogP contribution in [-0.4, -0.2) is 40.3 Å². The second kappa shape index (κ2) is 9.82. The third kappa shape index (κ3) is 4.67. The van der Waals surface area contributed by atoms with E-state index in [0.717, 1.165) is 0 Å². The number of aromatic nitrogens is 1. The molecule has 1 N–H and O–H groups in total. The molecule has 1 aliphatic rings. The molecule has 36 heavy (non-hydrogen) atoms. The number of nitrogens with zero attached hydrogens (tertiary/aromatic N) is 1. The number of nitrogens with one attached hydrogen (secondary N) is 1. The zero-order valence-corrected chi connectivity index (χ0v) is 20.5. The molecule has 0 radical (unpaired) electrons. The molecule has 0 fully saturated rings. The SMILES string of the molecule is CCOc1ccc(Nc2oc(-c3cccc(OC)c3)nc2S(=O)(=O)c2ccc3c(c2)OCCO3)cc1. The highest BCUT2D eigenvalue weighted by atomic mass is 32.2. The number of sulfone groups is 1. The third-order valence-electron chi connectivity index (χ3n) is 5.41. The fourth-order valence-electron chi connectivity index (χ4n) is 3.68. The summed E-state index contributed by atoms with van der Waals surface area (Å²) in [5.74, 6) is 2.24. The lowest BCUT2D eigenvalue weighted by molar-refractivity contribution is 0.171. The molecule has 4 aromatic rings. The van der Waals surface area contributed by atoms with Gasteiger partial charge in [-0.15, -0.1) is 0 Å². The second-order valence-corrected chi connectivity index (χ2v) is 9.64. The third-order valence-corrected chi connectivity index (χ3v) is 7.07. The van der Waals surface area contributed by atoms with E-state index in [9.17, 15) is 8.42 Å². The Bertz CT molecular complexity index is 1480. The maximum absolute atomic E-state index is 13.7. The van der Waals surface area contributed by atoms with Crippen molar-refractivity contribution in [2.45, 2.75) is 16.8 Å². The molecule has 0 amide bonds. The first kappa shape index (κ1) is 23.6. The Hall–Kier alpha value is -4.18. The normalized spacial score (nSPS) is 12.7. The van der Waals surface area contributed by atoms with Crippen LogP contribution in [0.2, 0.25) is 0 Å². The van der Waals surface area contributed by atoms with Crippen LogP contribution in [-0.2, 0) is 9.84 Å². The van der Waals surface area contributed by atoms with Crippen LogP contribution in [0.1, 0.15) is 6.92 Å². The lowest BCUT2D eigenvalue weighted by Gasteiger charge is -2.18. The highest BCUT2D eigenvalue weighted by Crippen LogP contribution is 2.38. The summed E-state index contributed by atoms with van der Waals surface area (Å²) in [6.45, 7) is 3.18. The highest BCUT2D eigenvalue weighted by molar-refractivity contribution is 7.91. The number of methoxy groups -OCH3 is 1. The molecule has 186 valence electrons. The largest absolute Gasteiger partial charge is 0.497 e. The lowest BCUT2D eigenvalue weighted by Crippen LogP contribution is -2.16. The minimum atomic E-state index is -4.10. The van der Waals surface area contributed by atoms with Crippen LogP contribution in [0.25, 0.3) is 11.5 Å². The molecule has 0 aliphatic carbocycles. The zero-order valence-electron chi connectivity index (χ0n) is 19.7. The summed E-state index contributed by atoms with van der Waals surface area (Å²) >= 11 is 0. The van der Waals surface area contributed by atoms with E-state index >= 15 is 0 Å². The predicted molar refractivity (Wildman–Crippen MR) is 132 cm³/mol. The van der Waals surface area contributed by atoms with E-state index < -0.39 is 9.84 Å². The van der Waals surface area contributed by atoms with Gasteiger partial charge in [-0.25, -0.2) is 8.42 Å². The summed E-state index contributed by atoms with van der Waals surface area (Å²) in [6, 6.07) is 18.6. The number of hydrogen-bond donors (Lipinski definition) is 1. The summed E-state index contributed by atoms with van der Waals surface area (Å²) in [5.41, 5.74) is 1.16. The summed E-state index contributed by atoms with van der Waals surface area (Å²) < 4.78 is 55.3. The molecule has 0 saturated carbocycles. The van der Waals surface area contributed by atoms with Gasteiger partial charge in [-0.3, -0.25) is 0 Å². The van der Waals surface area contributed by atoms with Crippen molar-refractivity contribution < 1.29 is 31.8 Å². The molecule has 0 bridgehead atoms. The Kier molecular flexibility index (Phi) is 6.43.